The quantitative estimate of drug-likeness (QED) is 0.398. The lowest BCUT2D eigenvalue weighted by atomic mass is 9.75. The van der Waals surface area contributed by atoms with Gasteiger partial charge in [-0.2, -0.15) is 4.98 Å². The molecule has 0 amide bonds. The van der Waals surface area contributed by atoms with E-state index in [2.05, 4.69) is 34.2 Å². The molecule has 0 saturated heterocycles. The summed E-state index contributed by atoms with van der Waals surface area (Å²) in [6, 6.07) is 13.3. The first-order valence-corrected chi connectivity index (χ1v) is 11.1. The molecule has 4 rings (SSSR count). The van der Waals surface area contributed by atoms with Crippen LogP contribution in [0.3, 0.4) is 0 Å². The van der Waals surface area contributed by atoms with Crippen molar-refractivity contribution in [3.63, 3.8) is 0 Å². The largest absolute Gasteiger partial charge is 0.334 e. The van der Waals surface area contributed by atoms with Crippen molar-refractivity contribution >= 4 is 17.4 Å². The van der Waals surface area contributed by atoms with Crippen molar-refractivity contribution in [2.75, 3.05) is 7.05 Å². The van der Waals surface area contributed by atoms with Crippen LogP contribution in [0.15, 0.2) is 58.0 Å². The minimum Gasteiger partial charge on any atom is -0.334 e. The van der Waals surface area contributed by atoms with E-state index in [0.717, 1.165) is 35.8 Å². The Hall–Kier alpha value is -3.15. The number of halogens is 2. The van der Waals surface area contributed by atoms with E-state index < -0.39 is 11.6 Å². The Labute approximate surface area is 187 Å². The van der Waals surface area contributed by atoms with Gasteiger partial charge in [0.25, 0.3) is 5.89 Å². The lowest BCUT2D eigenvalue weighted by Crippen LogP contribution is -2.17. The van der Waals surface area contributed by atoms with Gasteiger partial charge in [0.1, 0.15) is 11.6 Å². The summed E-state index contributed by atoms with van der Waals surface area (Å²) in [5, 5.41) is 3.94. The van der Waals surface area contributed by atoms with Crippen LogP contribution in [0.5, 0.6) is 0 Å². The molecular weight excluding hydrogens is 408 g/mol. The summed E-state index contributed by atoms with van der Waals surface area (Å²) in [5.41, 5.74) is 2.82. The fraction of sp³-hybridized carbons (Fsp3) is 0.346. The third kappa shape index (κ3) is 4.85. The molecule has 1 aliphatic rings. The zero-order valence-corrected chi connectivity index (χ0v) is 18.4. The van der Waals surface area contributed by atoms with Gasteiger partial charge in [0.2, 0.25) is 5.82 Å². The van der Waals surface area contributed by atoms with Gasteiger partial charge in [-0.3, -0.25) is 4.99 Å². The van der Waals surface area contributed by atoms with Gasteiger partial charge in [-0.1, -0.05) is 61.7 Å². The minimum atomic E-state index is -0.604. The highest BCUT2D eigenvalue weighted by molar-refractivity contribution is 6.18. The van der Waals surface area contributed by atoms with Gasteiger partial charge in [0.05, 0.1) is 11.1 Å². The summed E-state index contributed by atoms with van der Waals surface area (Å²) < 4.78 is 33.5. The van der Waals surface area contributed by atoms with Crippen LogP contribution in [0.2, 0.25) is 0 Å². The first-order valence-electron chi connectivity index (χ1n) is 11.1. The lowest BCUT2D eigenvalue weighted by molar-refractivity contribution is 0.261. The highest BCUT2D eigenvalue weighted by atomic mass is 19.1. The van der Waals surface area contributed by atoms with Gasteiger partial charge in [-0.15, -0.1) is 0 Å². The van der Waals surface area contributed by atoms with E-state index in [0.29, 0.717) is 17.4 Å². The molecule has 1 saturated carbocycles. The fourth-order valence-corrected chi connectivity index (χ4v) is 4.48. The normalized spacial score (nSPS) is 19.9. The standard InChI is InChI=1S/C26H27F2N3O/c1-17-8-6-7-11-19(17)14-21(18-9-4-3-5-10-18)23(16-29-2)26-30-25(31-32-26)22-15-20(27)12-13-24(22)28/h3-5,9-10,12-13,15-17,19H,6-8,11,14H2,1-2H3/b23-21?,29-16-/t17-,19?/m1/s1. The van der Waals surface area contributed by atoms with Gasteiger partial charge in [0, 0.05) is 13.3 Å². The third-order valence-corrected chi connectivity index (χ3v) is 6.29. The summed E-state index contributed by atoms with van der Waals surface area (Å²) in [7, 11) is 1.69. The van der Waals surface area contributed by atoms with E-state index in [9.17, 15) is 8.78 Å². The Bertz CT molecular complexity index is 1120. The molecule has 32 heavy (non-hydrogen) atoms. The van der Waals surface area contributed by atoms with E-state index in [-0.39, 0.29) is 17.3 Å². The van der Waals surface area contributed by atoms with Crippen LogP contribution in [-0.2, 0) is 0 Å². The number of hydrogen-bond acceptors (Lipinski definition) is 4. The molecule has 0 spiro atoms. The minimum absolute atomic E-state index is 0.0115. The molecule has 1 aliphatic carbocycles. The van der Waals surface area contributed by atoms with Crippen LogP contribution >= 0.6 is 0 Å². The van der Waals surface area contributed by atoms with Gasteiger partial charge < -0.3 is 4.52 Å². The maximum atomic E-state index is 14.3. The van der Waals surface area contributed by atoms with Gasteiger partial charge >= 0.3 is 0 Å². The molecule has 2 atom stereocenters. The van der Waals surface area contributed by atoms with E-state index in [1.807, 2.05) is 18.2 Å². The molecule has 166 valence electrons. The van der Waals surface area contributed by atoms with Crippen molar-refractivity contribution in [1.29, 1.82) is 0 Å². The van der Waals surface area contributed by atoms with Crippen LogP contribution in [0.4, 0.5) is 8.78 Å². The van der Waals surface area contributed by atoms with Crippen LogP contribution in [0, 0.1) is 23.5 Å². The zero-order valence-electron chi connectivity index (χ0n) is 18.4. The average molecular weight is 436 g/mol. The van der Waals surface area contributed by atoms with E-state index in [1.54, 1.807) is 13.3 Å². The molecule has 4 nitrogen and oxygen atoms in total. The first-order chi connectivity index (χ1) is 15.6. The number of benzene rings is 2. The van der Waals surface area contributed by atoms with Crippen LogP contribution in [0.25, 0.3) is 22.5 Å². The predicted octanol–water partition coefficient (Wildman–Crippen LogP) is 6.84. The van der Waals surface area contributed by atoms with Crippen molar-refractivity contribution in [2.45, 2.75) is 39.0 Å². The Morgan fingerprint density at radius 2 is 1.91 bits per heavy atom. The summed E-state index contributed by atoms with van der Waals surface area (Å²) >= 11 is 0. The smallest absolute Gasteiger partial charge is 0.260 e. The Balaban J connectivity index is 1.81. The number of nitrogens with zero attached hydrogens (tertiary/aromatic N) is 3. The molecular formula is C26H27F2N3O. The SMILES string of the molecule is C/N=C\C(=C(CC1CCCC[C@H]1C)c1ccccc1)c1nc(-c2cc(F)ccc2F)no1. The zero-order chi connectivity index (χ0) is 22.5. The van der Waals surface area contributed by atoms with Crippen molar-refractivity contribution < 1.29 is 13.3 Å². The van der Waals surface area contributed by atoms with Crippen molar-refractivity contribution in [1.82, 2.24) is 10.1 Å². The molecule has 6 heteroatoms. The van der Waals surface area contributed by atoms with Crippen LogP contribution in [0.1, 0.15) is 50.5 Å². The number of allylic oxidation sites excluding steroid dienone is 2. The Kier molecular flexibility index (Phi) is 6.88. The maximum absolute atomic E-state index is 14.3. The summed E-state index contributed by atoms with van der Waals surface area (Å²) in [5.74, 6) is 0.265. The van der Waals surface area contributed by atoms with Gasteiger partial charge in [0.15, 0.2) is 0 Å². The highest BCUT2D eigenvalue weighted by Crippen LogP contribution is 2.39. The topological polar surface area (TPSA) is 51.3 Å². The fourth-order valence-electron chi connectivity index (χ4n) is 4.48. The summed E-state index contributed by atoms with van der Waals surface area (Å²) in [4.78, 5) is 8.67. The predicted molar refractivity (Wildman–Crippen MR) is 123 cm³/mol. The molecule has 1 aromatic heterocycles. The van der Waals surface area contributed by atoms with Crippen molar-refractivity contribution in [2.24, 2.45) is 16.8 Å². The second-order valence-corrected chi connectivity index (χ2v) is 8.42. The molecule has 0 aliphatic heterocycles. The van der Waals surface area contributed by atoms with E-state index in [4.69, 9.17) is 4.52 Å². The number of hydrogen-bond donors (Lipinski definition) is 0. The van der Waals surface area contributed by atoms with Crippen LogP contribution in [-0.4, -0.2) is 23.4 Å². The molecule has 3 aromatic rings. The monoisotopic (exact) mass is 435 g/mol. The molecule has 1 fully saturated rings. The molecule has 1 unspecified atom stereocenters. The van der Waals surface area contributed by atoms with Crippen LogP contribution < -0.4 is 0 Å². The average Bonchev–Trinajstić information content (AvgIpc) is 3.29. The Morgan fingerprint density at radius 3 is 2.66 bits per heavy atom. The van der Waals surface area contributed by atoms with Gasteiger partial charge in [-0.25, -0.2) is 8.78 Å². The molecule has 0 bridgehead atoms. The second kappa shape index (κ2) is 9.98. The van der Waals surface area contributed by atoms with Gasteiger partial charge in [-0.05, 0) is 54.0 Å². The molecule has 1 heterocycles. The summed E-state index contributed by atoms with van der Waals surface area (Å²) in [6.07, 6.45) is 7.49. The highest BCUT2D eigenvalue weighted by Gasteiger charge is 2.26. The third-order valence-electron chi connectivity index (χ3n) is 6.29. The molecule has 0 radical (unpaired) electrons. The second-order valence-electron chi connectivity index (χ2n) is 8.42. The Morgan fingerprint density at radius 1 is 1.12 bits per heavy atom. The molecule has 2 aromatic carbocycles. The lowest BCUT2D eigenvalue weighted by Gasteiger charge is -2.30. The summed E-state index contributed by atoms with van der Waals surface area (Å²) in [6.45, 7) is 2.32. The molecule has 0 N–H and O–H groups in total. The maximum Gasteiger partial charge on any atom is 0.260 e. The van der Waals surface area contributed by atoms with Crippen molar-refractivity contribution in [3.8, 4) is 11.4 Å². The number of aromatic nitrogens is 2. The first kappa shape index (κ1) is 22.1. The number of aliphatic imine (C=N–C) groups is 1. The van der Waals surface area contributed by atoms with Crippen molar-refractivity contribution in [3.05, 3.63) is 71.6 Å². The van der Waals surface area contributed by atoms with E-state index in [1.165, 1.54) is 25.7 Å². The van der Waals surface area contributed by atoms with E-state index >= 15 is 0 Å². The number of rotatable bonds is 6.